The van der Waals surface area contributed by atoms with E-state index >= 15 is 0 Å². The molecule has 3 aromatic rings. The van der Waals surface area contributed by atoms with E-state index in [4.69, 9.17) is 10.4 Å². The maximum atomic E-state index is 12.6. The van der Waals surface area contributed by atoms with Crippen molar-refractivity contribution in [1.82, 2.24) is 11.0 Å². The highest BCUT2D eigenvalue weighted by molar-refractivity contribution is 7.40. The van der Waals surface area contributed by atoms with Gasteiger partial charge in [0.2, 0.25) is 0 Å². The van der Waals surface area contributed by atoms with Crippen LogP contribution in [0.4, 0.5) is 0 Å². The van der Waals surface area contributed by atoms with Crippen molar-refractivity contribution in [3.05, 3.63) is 70.2 Å². The van der Waals surface area contributed by atoms with E-state index in [9.17, 15) is 9.59 Å². The highest BCUT2D eigenvalue weighted by atomic mass is 32.2. The van der Waals surface area contributed by atoms with Crippen LogP contribution in [0, 0.1) is 6.92 Å². The molecule has 0 amide bonds. The second-order valence-corrected chi connectivity index (χ2v) is 7.84. The molecule has 4 N–H and O–H groups in total. The molecule has 0 spiro atoms. The highest BCUT2D eigenvalue weighted by Gasteiger charge is 2.24. The van der Waals surface area contributed by atoms with Crippen molar-refractivity contribution in [2.75, 3.05) is 0 Å². The number of fused-ring (bicyclic) bond motifs is 1. The normalized spacial score (nSPS) is 11.5. The summed E-state index contributed by atoms with van der Waals surface area (Å²) in [5.74, 6) is -0.459. The Kier molecular flexibility index (Phi) is 5.82. The van der Waals surface area contributed by atoms with Crippen LogP contribution < -0.4 is 11.0 Å². The van der Waals surface area contributed by atoms with Gasteiger partial charge in [0.25, 0.3) is 0 Å². The number of hydrogen-bond acceptors (Lipinski definition) is 8. The van der Waals surface area contributed by atoms with Crippen LogP contribution in [0.5, 0.6) is 0 Å². The van der Waals surface area contributed by atoms with Gasteiger partial charge in [-0.3, -0.25) is 31.0 Å². The molecule has 138 valence electrons. The standard InChI is InChI=1S/C19H16N2O4S2/c1-11-15-16(12-5-3-2-4-6-12)18(14(23)8-10-21-25)27-19(15)26-17(11)13(22)7-9-20-24/h2-10,20-21,24-25H,1H3/b9-7+,10-8+. The summed E-state index contributed by atoms with van der Waals surface area (Å²) in [4.78, 5) is 26.1. The average Bonchev–Trinajstić information content (AvgIpc) is 3.22. The third kappa shape index (κ3) is 3.69. The van der Waals surface area contributed by atoms with Crippen LogP contribution in [0.1, 0.15) is 24.9 Å². The number of hydrogen-bond donors (Lipinski definition) is 4. The molecule has 0 radical (unpaired) electrons. The van der Waals surface area contributed by atoms with E-state index in [0.717, 1.165) is 32.3 Å². The molecule has 0 aliphatic heterocycles. The molecule has 1 aromatic carbocycles. The monoisotopic (exact) mass is 400 g/mol. The number of ketones is 2. The predicted octanol–water partition coefficient (Wildman–Crippen LogP) is 4.29. The Bertz CT molecular complexity index is 1050. The van der Waals surface area contributed by atoms with Gasteiger partial charge in [-0.2, -0.15) is 0 Å². The van der Waals surface area contributed by atoms with Gasteiger partial charge in [-0.05, 0) is 18.1 Å². The van der Waals surface area contributed by atoms with E-state index in [1.165, 1.54) is 41.0 Å². The molecule has 2 aromatic heterocycles. The minimum absolute atomic E-state index is 0.223. The molecular formula is C19H16N2O4S2. The molecule has 0 bridgehead atoms. The Morgan fingerprint density at radius 3 is 2.07 bits per heavy atom. The van der Waals surface area contributed by atoms with E-state index < -0.39 is 0 Å². The molecule has 27 heavy (non-hydrogen) atoms. The van der Waals surface area contributed by atoms with Gasteiger partial charge in [0.15, 0.2) is 11.6 Å². The molecule has 8 heteroatoms. The first-order valence-electron chi connectivity index (χ1n) is 7.90. The van der Waals surface area contributed by atoms with Crippen LogP contribution in [0.15, 0.2) is 54.9 Å². The Morgan fingerprint density at radius 1 is 0.926 bits per heavy atom. The van der Waals surface area contributed by atoms with Gasteiger partial charge in [0.05, 0.1) is 13.8 Å². The Morgan fingerprint density at radius 2 is 1.48 bits per heavy atom. The first-order chi connectivity index (χ1) is 13.1. The minimum Gasteiger partial charge on any atom is -0.292 e. The van der Waals surface area contributed by atoms with Crippen molar-refractivity contribution < 1.29 is 20.0 Å². The van der Waals surface area contributed by atoms with Crippen LogP contribution in [0.3, 0.4) is 0 Å². The van der Waals surface area contributed by atoms with Crippen molar-refractivity contribution in [2.24, 2.45) is 0 Å². The largest absolute Gasteiger partial charge is 0.292 e. The molecule has 0 fully saturated rings. The van der Waals surface area contributed by atoms with Crippen molar-refractivity contribution >= 4 is 43.6 Å². The van der Waals surface area contributed by atoms with Gasteiger partial charge < -0.3 is 0 Å². The Balaban J connectivity index is 2.23. The third-order valence-electron chi connectivity index (χ3n) is 3.91. The molecule has 0 aliphatic rings. The zero-order chi connectivity index (χ0) is 19.4. The Labute approximate surface area is 163 Å². The minimum atomic E-state index is -0.236. The van der Waals surface area contributed by atoms with Gasteiger partial charge in [0, 0.05) is 35.5 Å². The van der Waals surface area contributed by atoms with E-state index in [2.05, 4.69) is 0 Å². The van der Waals surface area contributed by atoms with Crippen LogP contribution in [0.25, 0.3) is 20.5 Å². The van der Waals surface area contributed by atoms with Crippen molar-refractivity contribution in [1.29, 1.82) is 0 Å². The molecule has 3 rings (SSSR count). The number of thiophene rings is 2. The van der Waals surface area contributed by atoms with E-state index in [0.29, 0.717) is 9.75 Å². The van der Waals surface area contributed by atoms with Crippen molar-refractivity contribution in [3.8, 4) is 11.1 Å². The van der Waals surface area contributed by atoms with Crippen LogP contribution in [-0.4, -0.2) is 22.0 Å². The lowest BCUT2D eigenvalue weighted by Gasteiger charge is -2.04. The second-order valence-electron chi connectivity index (χ2n) is 5.54. The predicted molar refractivity (Wildman–Crippen MR) is 107 cm³/mol. The van der Waals surface area contributed by atoms with Gasteiger partial charge in [-0.15, -0.1) is 22.7 Å². The van der Waals surface area contributed by atoms with Gasteiger partial charge in [-0.1, -0.05) is 30.3 Å². The van der Waals surface area contributed by atoms with Gasteiger partial charge >= 0.3 is 0 Å². The van der Waals surface area contributed by atoms with Gasteiger partial charge in [0.1, 0.15) is 0 Å². The molecule has 2 heterocycles. The average molecular weight is 400 g/mol. The van der Waals surface area contributed by atoms with E-state index in [1.54, 1.807) is 0 Å². The molecule has 6 nitrogen and oxygen atoms in total. The van der Waals surface area contributed by atoms with Gasteiger partial charge in [-0.25, -0.2) is 0 Å². The third-order valence-corrected chi connectivity index (χ3v) is 6.51. The summed E-state index contributed by atoms with van der Waals surface area (Å²) in [6, 6.07) is 9.51. The fourth-order valence-electron chi connectivity index (χ4n) is 2.77. The summed E-state index contributed by atoms with van der Waals surface area (Å²) in [5.41, 5.74) is 6.11. The molecule has 0 saturated heterocycles. The Hall–Kier alpha value is -2.78. The molecule has 0 unspecified atom stereocenters. The quantitative estimate of drug-likeness (QED) is 0.268. The van der Waals surface area contributed by atoms with Crippen molar-refractivity contribution in [3.63, 3.8) is 0 Å². The number of rotatable bonds is 7. The summed E-state index contributed by atoms with van der Waals surface area (Å²) >= 11 is 2.64. The molecule has 0 saturated carbocycles. The molecule has 0 atom stereocenters. The summed E-state index contributed by atoms with van der Waals surface area (Å²) in [5, 5.41) is 18.2. The van der Waals surface area contributed by atoms with Crippen LogP contribution in [0.2, 0.25) is 0 Å². The summed E-state index contributed by atoms with van der Waals surface area (Å²) < 4.78 is 0.869. The number of benzene rings is 1. The van der Waals surface area contributed by atoms with E-state index in [-0.39, 0.29) is 11.6 Å². The highest BCUT2D eigenvalue weighted by Crippen LogP contribution is 2.46. The fraction of sp³-hybridized carbons (Fsp3) is 0.0526. The number of nitrogens with one attached hydrogen (secondary N) is 2. The van der Waals surface area contributed by atoms with Crippen molar-refractivity contribution in [2.45, 2.75) is 6.92 Å². The number of carbonyl (C=O) groups is 2. The SMILES string of the molecule is Cc1c(C(=O)/C=C/NO)sc2sc(C(=O)/C=C/NO)c(-c3ccccc3)c12. The summed E-state index contributed by atoms with van der Waals surface area (Å²) in [6.07, 6.45) is 4.85. The number of carbonyl (C=O) groups excluding carboxylic acids is 2. The maximum Gasteiger partial charge on any atom is 0.197 e. The number of allylic oxidation sites excluding steroid dienone is 2. The second kappa shape index (κ2) is 8.28. The van der Waals surface area contributed by atoms with Crippen LogP contribution >= 0.6 is 22.7 Å². The lowest BCUT2D eigenvalue weighted by atomic mass is 9.99. The molecular weight excluding hydrogens is 384 g/mol. The lowest BCUT2D eigenvalue weighted by molar-refractivity contribution is 0.104. The topological polar surface area (TPSA) is 98.7 Å². The maximum absolute atomic E-state index is 12.6. The first kappa shape index (κ1) is 19.0. The lowest BCUT2D eigenvalue weighted by Crippen LogP contribution is -2.00. The van der Waals surface area contributed by atoms with E-state index in [1.807, 2.05) is 48.2 Å². The number of hydroxylamine groups is 2. The smallest absolute Gasteiger partial charge is 0.197 e. The zero-order valence-corrected chi connectivity index (χ0v) is 15.9. The summed E-state index contributed by atoms with van der Waals surface area (Å²) in [6.45, 7) is 1.85. The zero-order valence-electron chi connectivity index (χ0n) is 14.2. The number of aryl methyl sites for hydroxylation is 1. The van der Waals surface area contributed by atoms with Crippen LogP contribution in [-0.2, 0) is 0 Å². The molecule has 0 aliphatic carbocycles. The first-order valence-corrected chi connectivity index (χ1v) is 9.54. The fourth-order valence-corrected chi connectivity index (χ4v) is 5.44. The summed E-state index contributed by atoms with van der Waals surface area (Å²) in [7, 11) is 0.